The lowest BCUT2D eigenvalue weighted by Gasteiger charge is -2.25. The fraction of sp³-hybridized carbons (Fsp3) is 0.647. The normalized spacial score (nSPS) is 12.7. The highest BCUT2D eigenvalue weighted by Crippen LogP contribution is 2.20. The maximum absolute atomic E-state index is 3.53. The van der Waals surface area contributed by atoms with Crippen LogP contribution in [0.15, 0.2) is 24.3 Å². The molecule has 0 amide bonds. The van der Waals surface area contributed by atoms with Crippen molar-refractivity contribution in [3.05, 3.63) is 29.8 Å². The minimum Gasteiger partial charge on any atom is -0.372 e. The van der Waals surface area contributed by atoms with Gasteiger partial charge in [-0.1, -0.05) is 32.9 Å². The molecule has 0 spiro atoms. The van der Waals surface area contributed by atoms with Crippen LogP contribution in [0.1, 0.15) is 52.6 Å². The lowest BCUT2D eigenvalue weighted by atomic mass is 10.1. The number of hydrogen-bond acceptors (Lipinski definition) is 2. The quantitative estimate of drug-likeness (QED) is 0.754. The van der Waals surface area contributed by atoms with Crippen LogP contribution >= 0.6 is 0 Å². The first-order valence-electron chi connectivity index (χ1n) is 7.66. The van der Waals surface area contributed by atoms with Gasteiger partial charge in [-0.2, -0.15) is 0 Å². The second-order valence-corrected chi connectivity index (χ2v) is 5.70. The van der Waals surface area contributed by atoms with Crippen molar-refractivity contribution >= 4 is 5.69 Å². The van der Waals surface area contributed by atoms with E-state index in [1.165, 1.54) is 17.7 Å². The van der Waals surface area contributed by atoms with Crippen molar-refractivity contribution in [3.63, 3.8) is 0 Å². The first kappa shape index (κ1) is 16.0. The maximum Gasteiger partial charge on any atom is 0.0366 e. The molecule has 0 fully saturated rings. The molecule has 1 rings (SSSR count). The summed E-state index contributed by atoms with van der Waals surface area (Å²) in [6.45, 7) is 14.5. The first-order chi connectivity index (χ1) is 9.08. The summed E-state index contributed by atoms with van der Waals surface area (Å²) in [6, 6.07) is 9.46. The van der Waals surface area contributed by atoms with Gasteiger partial charge in [-0.05, 0) is 50.4 Å². The van der Waals surface area contributed by atoms with Crippen molar-refractivity contribution in [2.75, 3.05) is 24.5 Å². The summed E-state index contributed by atoms with van der Waals surface area (Å²) in [4.78, 5) is 2.44. The van der Waals surface area contributed by atoms with E-state index in [-0.39, 0.29) is 0 Å². The second kappa shape index (κ2) is 8.21. The number of benzene rings is 1. The molecule has 0 bridgehead atoms. The van der Waals surface area contributed by atoms with E-state index in [9.17, 15) is 0 Å². The van der Waals surface area contributed by atoms with E-state index < -0.39 is 0 Å². The largest absolute Gasteiger partial charge is 0.372 e. The van der Waals surface area contributed by atoms with Crippen molar-refractivity contribution in [3.8, 4) is 0 Å². The van der Waals surface area contributed by atoms with Crippen LogP contribution in [0.5, 0.6) is 0 Å². The van der Waals surface area contributed by atoms with Gasteiger partial charge >= 0.3 is 0 Å². The summed E-state index contributed by atoms with van der Waals surface area (Å²) in [5.74, 6) is 0.699. The maximum atomic E-state index is 3.53. The molecule has 1 N–H and O–H groups in total. The van der Waals surface area contributed by atoms with Gasteiger partial charge in [0.2, 0.25) is 0 Å². The smallest absolute Gasteiger partial charge is 0.0366 e. The molecule has 1 atom stereocenters. The molecule has 19 heavy (non-hydrogen) atoms. The van der Waals surface area contributed by atoms with E-state index in [1.807, 2.05) is 0 Å². The minimum absolute atomic E-state index is 0.439. The van der Waals surface area contributed by atoms with Crippen molar-refractivity contribution in [1.82, 2.24) is 5.32 Å². The lowest BCUT2D eigenvalue weighted by Crippen LogP contribution is -2.27. The van der Waals surface area contributed by atoms with Gasteiger partial charge in [0, 0.05) is 24.8 Å². The summed E-state index contributed by atoms with van der Waals surface area (Å²) in [6.07, 6.45) is 1.18. The third kappa shape index (κ3) is 5.23. The highest BCUT2D eigenvalue weighted by molar-refractivity contribution is 5.48. The predicted octanol–water partition coefficient (Wildman–Crippen LogP) is 4.23. The molecule has 0 aliphatic carbocycles. The molecule has 108 valence electrons. The standard InChI is InChI=1S/C17H30N2/c1-6-12-18-15(5)16-8-10-17(11-9-16)19(7-2)13-14(3)4/h8-11,14-15,18H,6-7,12-13H2,1-5H3. The van der Waals surface area contributed by atoms with Gasteiger partial charge in [0.25, 0.3) is 0 Å². The zero-order valence-electron chi connectivity index (χ0n) is 13.2. The Kier molecular flexibility index (Phi) is 6.93. The molecule has 0 aliphatic rings. The number of hydrogen-bond donors (Lipinski definition) is 1. The van der Waals surface area contributed by atoms with Crippen LogP contribution in [0.2, 0.25) is 0 Å². The van der Waals surface area contributed by atoms with Gasteiger partial charge in [-0.25, -0.2) is 0 Å². The summed E-state index contributed by atoms with van der Waals surface area (Å²) in [5, 5.41) is 3.53. The Morgan fingerprint density at radius 1 is 1.05 bits per heavy atom. The number of rotatable bonds is 8. The minimum atomic E-state index is 0.439. The lowest BCUT2D eigenvalue weighted by molar-refractivity contribution is 0.570. The zero-order chi connectivity index (χ0) is 14.3. The number of anilines is 1. The third-order valence-corrected chi connectivity index (χ3v) is 3.43. The van der Waals surface area contributed by atoms with Gasteiger partial charge in [0.15, 0.2) is 0 Å². The van der Waals surface area contributed by atoms with Crippen molar-refractivity contribution < 1.29 is 0 Å². The molecule has 0 saturated carbocycles. The molecule has 0 aliphatic heterocycles. The van der Waals surface area contributed by atoms with Gasteiger partial charge in [-0.15, -0.1) is 0 Å². The van der Waals surface area contributed by atoms with Gasteiger partial charge in [-0.3, -0.25) is 0 Å². The number of nitrogens with zero attached hydrogens (tertiary/aromatic N) is 1. The zero-order valence-corrected chi connectivity index (χ0v) is 13.2. The number of nitrogens with one attached hydrogen (secondary N) is 1. The monoisotopic (exact) mass is 262 g/mol. The average molecular weight is 262 g/mol. The molecular weight excluding hydrogens is 232 g/mol. The molecule has 1 aromatic carbocycles. The fourth-order valence-corrected chi connectivity index (χ4v) is 2.31. The Bertz CT molecular complexity index is 343. The SMILES string of the molecule is CCCNC(C)c1ccc(N(CC)CC(C)C)cc1. The van der Waals surface area contributed by atoms with E-state index >= 15 is 0 Å². The molecule has 0 aromatic heterocycles. The molecule has 0 heterocycles. The van der Waals surface area contributed by atoms with E-state index in [0.29, 0.717) is 12.0 Å². The molecule has 0 radical (unpaired) electrons. The van der Waals surface area contributed by atoms with E-state index in [0.717, 1.165) is 19.6 Å². The Labute approximate surface area is 119 Å². The van der Waals surface area contributed by atoms with E-state index in [1.54, 1.807) is 0 Å². The van der Waals surface area contributed by atoms with Crippen LogP contribution < -0.4 is 10.2 Å². The van der Waals surface area contributed by atoms with E-state index in [4.69, 9.17) is 0 Å². The van der Waals surface area contributed by atoms with Crippen LogP contribution in [0.4, 0.5) is 5.69 Å². The van der Waals surface area contributed by atoms with Crippen molar-refractivity contribution in [2.45, 2.75) is 47.1 Å². The average Bonchev–Trinajstić information content (AvgIpc) is 2.42. The molecule has 0 saturated heterocycles. The van der Waals surface area contributed by atoms with Gasteiger partial charge < -0.3 is 10.2 Å². The molecule has 2 nitrogen and oxygen atoms in total. The Morgan fingerprint density at radius 3 is 2.16 bits per heavy atom. The summed E-state index contributed by atoms with van der Waals surface area (Å²) >= 11 is 0. The molecule has 1 aromatic rings. The summed E-state index contributed by atoms with van der Waals surface area (Å²) < 4.78 is 0. The summed E-state index contributed by atoms with van der Waals surface area (Å²) in [7, 11) is 0. The molecule has 2 heteroatoms. The Morgan fingerprint density at radius 2 is 1.68 bits per heavy atom. The van der Waals surface area contributed by atoms with Gasteiger partial charge in [0.1, 0.15) is 0 Å². The molecule has 1 unspecified atom stereocenters. The van der Waals surface area contributed by atoms with Crippen LogP contribution in [0.25, 0.3) is 0 Å². The Balaban J connectivity index is 2.68. The van der Waals surface area contributed by atoms with Crippen LogP contribution in [-0.2, 0) is 0 Å². The topological polar surface area (TPSA) is 15.3 Å². The molecular formula is C17H30N2. The fourth-order valence-electron chi connectivity index (χ4n) is 2.31. The van der Waals surface area contributed by atoms with E-state index in [2.05, 4.69) is 69.1 Å². The second-order valence-electron chi connectivity index (χ2n) is 5.70. The van der Waals surface area contributed by atoms with Crippen LogP contribution in [0, 0.1) is 5.92 Å². The summed E-state index contributed by atoms with van der Waals surface area (Å²) in [5.41, 5.74) is 2.71. The van der Waals surface area contributed by atoms with Crippen molar-refractivity contribution in [2.24, 2.45) is 5.92 Å². The van der Waals surface area contributed by atoms with Gasteiger partial charge in [0.05, 0.1) is 0 Å². The van der Waals surface area contributed by atoms with Crippen molar-refractivity contribution in [1.29, 1.82) is 0 Å². The Hall–Kier alpha value is -1.02. The third-order valence-electron chi connectivity index (χ3n) is 3.43. The predicted molar refractivity (Wildman–Crippen MR) is 85.9 cm³/mol. The first-order valence-corrected chi connectivity index (χ1v) is 7.66. The van der Waals surface area contributed by atoms with Crippen LogP contribution in [0.3, 0.4) is 0 Å². The highest BCUT2D eigenvalue weighted by atomic mass is 15.1. The highest BCUT2D eigenvalue weighted by Gasteiger charge is 2.08. The van der Waals surface area contributed by atoms with Crippen LogP contribution in [-0.4, -0.2) is 19.6 Å².